The first kappa shape index (κ1) is 8.66. The van der Waals surface area contributed by atoms with E-state index in [9.17, 15) is 4.79 Å². The van der Waals surface area contributed by atoms with Crippen LogP contribution in [0.1, 0.15) is 5.82 Å². The molecule has 1 aromatic rings. The second-order valence-electron chi connectivity index (χ2n) is 1.93. The maximum Gasteiger partial charge on any atom is 0.425 e. The molecule has 6 nitrogen and oxygen atoms in total. The van der Waals surface area contributed by atoms with Crippen molar-refractivity contribution in [2.45, 2.75) is 6.42 Å². The molecule has 0 atom stereocenters. The Balaban J connectivity index is 2.46. The van der Waals surface area contributed by atoms with Gasteiger partial charge in [0.05, 0.1) is 6.61 Å². The van der Waals surface area contributed by atoms with Crippen LogP contribution >= 0.6 is 0 Å². The third-order valence-electron chi connectivity index (χ3n) is 1.13. The fourth-order valence-electron chi connectivity index (χ4n) is 0.622. The molecule has 0 bridgehead atoms. The molecular weight excluding hydrogens is 164 g/mol. The second-order valence-corrected chi connectivity index (χ2v) is 1.93. The summed E-state index contributed by atoms with van der Waals surface area (Å²) in [6.07, 6.45) is 0.387. The van der Waals surface area contributed by atoms with Crippen LogP contribution in [0.2, 0.25) is 0 Å². The Bertz CT molecular complexity index is 247. The van der Waals surface area contributed by atoms with E-state index < -0.39 is 0 Å². The minimum Gasteiger partial charge on any atom is -0.384 e. The molecule has 0 spiro atoms. The van der Waals surface area contributed by atoms with Crippen molar-refractivity contribution >= 4 is 6.47 Å². The van der Waals surface area contributed by atoms with Crippen molar-refractivity contribution in [2.24, 2.45) is 0 Å². The first-order valence-corrected chi connectivity index (χ1v) is 3.28. The van der Waals surface area contributed by atoms with Gasteiger partial charge in [-0.3, -0.25) is 9.32 Å². The summed E-state index contributed by atoms with van der Waals surface area (Å²) in [4.78, 5) is 13.5. The third-order valence-corrected chi connectivity index (χ3v) is 1.13. The Morgan fingerprint density at radius 1 is 1.67 bits per heavy atom. The number of ether oxygens (including phenoxy) is 2. The maximum atomic E-state index is 9.82. The molecular formula is C6H8N2O4. The Labute approximate surface area is 68.5 Å². The van der Waals surface area contributed by atoms with Crippen LogP contribution in [0.4, 0.5) is 0 Å². The summed E-state index contributed by atoms with van der Waals surface area (Å²) in [5.74, 6) is 0.453. The van der Waals surface area contributed by atoms with Gasteiger partial charge < -0.3 is 9.47 Å². The molecule has 0 aliphatic carbocycles. The highest BCUT2D eigenvalue weighted by Gasteiger charge is 2.05. The van der Waals surface area contributed by atoms with Crippen LogP contribution in [0, 0.1) is 0 Å². The lowest BCUT2D eigenvalue weighted by Crippen LogP contribution is -1.96. The van der Waals surface area contributed by atoms with E-state index in [0.29, 0.717) is 18.9 Å². The van der Waals surface area contributed by atoms with E-state index in [4.69, 9.17) is 4.74 Å². The monoisotopic (exact) mass is 172 g/mol. The fourth-order valence-corrected chi connectivity index (χ4v) is 0.622. The van der Waals surface area contributed by atoms with Crippen LogP contribution in [0.3, 0.4) is 0 Å². The molecule has 0 saturated heterocycles. The van der Waals surface area contributed by atoms with Gasteiger partial charge in [-0.15, -0.1) is 0 Å². The maximum absolute atomic E-state index is 9.82. The molecule has 66 valence electrons. The van der Waals surface area contributed by atoms with Gasteiger partial charge >= 0.3 is 12.5 Å². The van der Waals surface area contributed by atoms with Gasteiger partial charge in [-0.1, -0.05) is 5.16 Å². The highest BCUT2D eigenvalue weighted by atomic mass is 16.7. The van der Waals surface area contributed by atoms with Gasteiger partial charge in [0, 0.05) is 13.5 Å². The molecule has 0 N–H and O–H groups in total. The van der Waals surface area contributed by atoms with Gasteiger partial charge in [0.1, 0.15) is 0 Å². The van der Waals surface area contributed by atoms with E-state index in [0.717, 1.165) is 0 Å². The van der Waals surface area contributed by atoms with E-state index >= 15 is 0 Å². The van der Waals surface area contributed by atoms with Gasteiger partial charge in [-0.25, -0.2) is 0 Å². The van der Waals surface area contributed by atoms with Crippen molar-refractivity contribution in [2.75, 3.05) is 13.7 Å². The Morgan fingerprint density at radius 3 is 3.17 bits per heavy atom. The molecule has 0 aliphatic rings. The fraction of sp³-hybridized carbons (Fsp3) is 0.500. The van der Waals surface area contributed by atoms with Gasteiger partial charge in [0.2, 0.25) is 0 Å². The number of carbonyl (C=O) groups is 1. The molecule has 6 heteroatoms. The van der Waals surface area contributed by atoms with Crippen molar-refractivity contribution in [3.8, 4) is 6.08 Å². The van der Waals surface area contributed by atoms with E-state index in [2.05, 4.69) is 19.4 Å². The largest absolute Gasteiger partial charge is 0.425 e. The summed E-state index contributed by atoms with van der Waals surface area (Å²) in [5, 5.41) is 3.52. The zero-order valence-electron chi connectivity index (χ0n) is 6.52. The normalized spacial score (nSPS) is 9.75. The third kappa shape index (κ3) is 2.31. The van der Waals surface area contributed by atoms with E-state index in [1.54, 1.807) is 7.11 Å². The standard InChI is InChI=1S/C6H8N2O4/c1-10-3-2-5-7-6(11-4-9)12-8-5/h4H,2-3H2,1H3. The molecule has 0 radical (unpaired) electrons. The predicted molar refractivity (Wildman–Crippen MR) is 36.6 cm³/mol. The van der Waals surface area contributed by atoms with Crippen LogP contribution in [0.5, 0.6) is 6.08 Å². The van der Waals surface area contributed by atoms with E-state index in [-0.39, 0.29) is 12.5 Å². The molecule has 0 amide bonds. The summed E-state index contributed by atoms with van der Waals surface area (Å²) in [5.41, 5.74) is 0. The summed E-state index contributed by atoms with van der Waals surface area (Å²) in [7, 11) is 1.57. The zero-order valence-corrected chi connectivity index (χ0v) is 6.52. The SMILES string of the molecule is COCCc1noc(OC=O)n1. The quantitative estimate of drug-likeness (QED) is 0.572. The van der Waals surface area contributed by atoms with Gasteiger partial charge in [-0.05, 0) is 0 Å². The van der Waals surface area contributed by atoms with Gasteiger partial charge in [0.15, 0.2) is 5.82 Å². The lowest BCUT2D eigenvalue weighted by molar-refractivity contribution is -0.122. The van der Waals surface area contributed by atoms with Crippen LogP contribution in [-0.4, -0.2) is 30.3 Å². The number of nitrogens with zero attached hydrogens (tertiary/aromatic N) is 2. The lowest BCUT2D eigenvalue weighted by Gasteiger charge is -1.89. The topological polar surface area (TPSA) is 74.5 Å². The molecule has 0 aliphatic heterocycles. The number of methoxy groups -OCH3 is 1. The van der Waals surface area contributed by atoms with Crippen molar-refractivity contribution in [3.63, 3.8) is 0 Å². The Morgan fingerprint density at radius 2 is 2.50 bits per heavy atom. The first-order chi connectivity index (χ1) is 5.86. The molecule has 0 saturated carbocycles. The number of hydrogen-bond donors (Lipinski definition) is 0. The molecule has 0 unspecified atom stereocenters. The minimum atomic E-state index is -0.142. The van der Waals surface area contributed by atoms with Crippen LogP contribution in [0.15, 0.2) is 4.52 Å². The first-order valence-electron chi connectivity index (χ1n) is 3.28. The summed E-state index contributed by atoms with van der Waals surface area (Å²) < 4.78 is 13.6. The number of aromatic nitrogens is 2. The summed E-state index contributed by atoms with van der Waals surface area (Å²) in [6.45, 7) is 0.730. The van der Waals surface area contributed by atoms with Gasteiger partial charge in [0.25, 0.3) is 0 Å². The Kier molecular flexibility index (Phi) is 3.21. The highest BCUT2D eigenvalue weighted by Crippen LogP contribution is 2.05. The molecule has 1 heterocycles. The minimum absolute atomic E-state index is 0.142. The molecule has 1 rings (SSSR count). The Hall–Kier alpha value is -1.43. The van der Waals surface area contributed by atoms with Crippen LogP contribution in [-0.2, 0) is 16.0 Å². The number of carbonyl (C=O) groups excluding carboxylic acids is 1. The predicted octanol–water partition coefficient (Wildman–Crippen LogP) is -0.206. The smallest absolute Gasteiger partial charge is 0.384 e. The average Bonchev–Trinajstić information content (AvgIpc) is 2.50. The lowest BCUT2D eigenvalue weighted by atomic mass is 10.4. The van der Waals surface area contributed by atoms with Crippen molar-refractivity contribution in [1.82, 2.24) is 10.1 Å². The van der Waals surface area contributed by atoms with Gasteiger partial charge in [-0.2, -0.15) is 4.98 Å². The van der Waals surface area contributed by atoms with Crippen molar-refractivity contribution in [3.05, 3.63) is 5.82 Å². The molecule has 0 fully saturated rings. The zero-order chi connectivity index (χ0) is 8.81. The number of rotatable bonds is 5. The average molecular weight is 172 g/mol. The molecule has 12 heavy (non-hydrogen) atoms. The van der Waals surface area contributed by atoms with Crippen molar-refractivity contribution < 1.29 is 18.8 Å². The van der Waals surface area contributed by atoms with E-state index in [1.807, 2.05) is 0 Å². The van der Waals surface area contributed by atoms with Crippen molar-refractivity contribution in [1.29, 1.82) is 0 Å². The summed E-state index contributed by atoms with van der Waals surface area (Å²) >= 11 is 0. The second kappa shape index (κ2) is 4.45. The van der Waals surface area contributed by atoms with E-state index in [1.165, 1.54) is 0 Å². The summed E-state index contributed by atoms with van der Waals surface area (Å²) in [6, 6.07) is 0. The molecule has 0 aromatic carbocycles. The molecule has 1 aromatic heterocycles. The van der Waals surface area contributed by atoms with Crippen LogP contribution < -0.4 is 4.74 Å². The number of hydrogen-bond acceptors (Lipinski definition) is 6. The van der Waals surface area contributed by atoms with Crippen LogP contribution in [0.25, 0.3) is 0 Å². The highest BCUT2D eigenvalue weighted by molar-refractivity contribution is 5.40.